The molecule has 19 heavy (non-hydrogen) atoms. The lowest BCUT2D eigenvalue weighted by Crippen LogP contribution is -2.35. The maximum atomic E-state index is 12.5. The maximum absolute atomic E-state index is 12.5. The highest BCUT2D eigenvalue weighted by Gasteiger charge is 2.25. The molecule has 0 aromatic carbocycles. The molecule has 0 aliphatic heterocycles. The van der Waals surface area contributed by atoms with E-state index < -0.39 is 10.0 Å². The van der Waals surface area contributed by atoms with Gasteiger partial charge < -0.3 is 10.5 Å². The fraction of sp³-hybridized carbons (Fsp3) is 0.545. The molecule has 0 saturated carbocycles. The van der Waals surface area contributed by atoms with Crippen LogP contribution in [0.3, 0.4) is 0 Å². The van der Waals surface area contributed by atoms with Crippen molar-refractivity contribution in [3.8, 4) is 0 Å². The van der Waals surface area contributed by atoms with Crippen LogP contribution < -0.4 is 5.73 Å². The molecular formula is C11H18N2O3S3. The number of thiophene rings is 1. The zero-order chi connectivity index (χ0) is 14.5. The van der Waals surface area contributed by atoms with Crippen LogP contribution in [0, 0.1) is 6.92 Å². The topological polar surface area (TPSA) is 72.6 Å². The first-order chi connectivity index (χ1) is 8.87. The number of aryl methyl sites for hydroxylation is 1. The van der Waals surface area contributed by atoms with Crippen molar-refractivity contribution in [3.05, 3.63) is 17.0 Å². The number of methoxy groups -OCH3 is 1. The molecule has 108 valence electrons. The van der Waals surface area contributed by atoms with Gasteiger partial charge in [0, 0.05) is 31.5 Å². The molecule has 0 bridgehead atoms. The molecule has 2 N–H and O–H groups in total. The van der Waals surface area contributed by atoms with Crippen molar-refractivity contribution >= 4 is 38.6 Å². The van der Waals surface area contributed by atoms with Crippen LogP contribution in [0.25, 0.3) is 0 Å². The minimum Gasteiger partial charge on any atom is -0.393 e. The Labute approximate surface area is 123 Å². The Balaban J connectivity index is 2.91. The fourth-order valence-corrected chi connectivity index (χ4v) is 4.41. The second kappa shape index (κ2) is 7.30. The Hall–Kier alpha value is -0.540. The first kappa shape index (κ1) is 16.5. The van der Waals surface area contributed by atoms with Crippen LogP contribution in [0.1, 0.15) is 11.3 Å². The second-order valence-electron chi connectivity index (χ2n) is 3.98. The van der Waals surface area contributed by atoms with E-state index in [4.69, 9.17) is 22.7 Å². The predicted molar refractivity (Wildman–Crippen MR) is 81.1 cm³/mol. The molecule has 1 rings (SSSR count). The van der Waals surface area contributed by atoms with E-state index in [2.05, 4.69) is 0 Å². The van der Waals surface area contributed by atoms with Crippen LogP contribution in [-0.4, -0.2) is 44.5 Å². The van der Waals surface area contributed by atoms with Crippen molar-refractivity contribution in [1.29, 1.82) is 0 Å². The Morgan fingerprint density at radius 3 is 2.63 bits per heavy atom. The van der Waals surface area contributed by atoms with Crippen molar-refractivity contribution in [1.82, 2.24) is 4.31 Å². The minimum atomic E-state index is -3.49. The zero-order valence-corrected chi connectivity index (χ0v) is 13.4. The van der Waals surface area contributed by atoms with Gasteiger partial charge >= 0.3 is 0 Å². The molecule has 0 atom stereocenters. The SMILES string of the molecule is COCCN(CCC(N)=S)S(=O)(=O)c1ccc(C)s1. The van der Waals surface area contributed by atoms with Crippen LogP contribution in [0.2, 0.25) is 0 Å². The van der Waals surface area contributed by atoms with Gasteiger partial charge in [-0.15, -0.1) is 11.3 Å². The minimum absolute atomic E-state index is 0.276. The first-order valence-electron chi connectivity index (χ1n) is 5.71. The summed E-state index contributed by atoms with van der Waals surface area (Å²) in [5.41, 5.74) is 5.44. The summed E-state index contributed by atoms with van der Waals surface area (Å²) in [5.74, 6) is 0. The smallest absolute Gasteiger partial charge is 0.252 e. The molecule has 1 aromatic heterocycles. The normalized spacial score (nSPS) is 11.9. The van der Waals surface area contributed by atoms with Gasteiger partial charge in [-0.2, -0.15) is 4.31 Å². The Kier molecular flexibility index (Phi) is 6.34. The van der Waals surface area contributed by atoms with Gasteiger partial charge in [0.15, 0.2) is 0 Å². The van der Waals surface area contributed by atoms with Crippen LogP contribution in [0.15, 0.2) is 16.3 Å². The third kappa shape index (κ3) is 4.81. The molecule has 0 saturated heterocycles. The average Bonchev–Trinajstić information content (AvgIpc) is 2.76. The van der Waals surface area contributed by atoms with Crippen LogP contribution in [0.4, 0.5) is 0 Å². The van der Waals surface area contributed by atoms with Gasteiger partial charge in [-0.3, -0.25) is 0 Å². The summed E-state index contributed by atoms with van der Waals surface area (Å²) in [4.78, 5) is 1.26. The number of rotatable bonds is 8. The summed E-state index contributed by atoms with van der Waals surface area (Å²) in [6, 6.07) is 3.41. The summed E-state index contributed by atoms with van der Waals surface area (Å²) >= 11 is 6.05. The Morgan fingerprint density at radius 1 is 1.47 bits per heavy atom. The van der Waals surface area contributed by atoms with Gasteiger partial charge in [0.2, 0.25) is 0 Å². The number of hydrogen-bond acceptors (Lipinski definition) is 5. The summed E-state index contributed by atoms with van der Waals surface area (Å²) in [7, 11) is -1.96. The Morgan fingerprint density at radius 2 is 2.16 bits per heavy atom. The number of hydrogen-bond donors (Lipinski definition) is 1. The standard InChI is InChI=1S/C11H18N2O3S3/c1-9-3-4-11(18-9)19(14,15)13(7-8-16-2)6-5-10(12)17/h3-4H,5-8H2,1-2H3,(H2,12,17). The van der Waals surface area contributed by atoms with Crippen LogP contribution >= 0.6 is 23.6 Å². The number of thiocarbonyl (C=S) groups is 1. The van der Waals surface area contributed by atoms with E-state index in [1.807, 2.05) is 6.92 Å². The monoisotopic (exact) mass is 322 g/mol. The quantitative estimate of drug-likeness (QED) is 0.732. The van der Waals surface area contributed by atoms with E-state index in [9.17, 15) is 8.42 Å². The third-order valence-electron chi connectivity index (χ3n) is 2.46. The van der Waals surface area contributed by atoms with Crippen molar-refractivity contribution in [2.45, 2.75) is 17.6 Å². The highest BCUT2D eigenvalue weighted by atomic mass is 32.2. The average molecular weight is 322 g/mol. The number of nitrogens with two attached hydrogens (primary N) is 1. The summed E-state index contributed by atoms with van der Waals surface area (Å²) < 4.78 is 31.6. The molecule has 0 aliphatic carbocycles. The van der Waals surface area contributed by atoms with Crippen molar-refractivity contribution in [3.63, 3.8) is 0 Å². The lowest BCUT2D eigenvalue weighted by molar-refractivity contribution is 0.180. The molecule has 1 aromatic rings. The van der Waals surface area contributed by atoms with E-state index in [1.54, 1.807) is 12.1 Å². The molecule has 5 nitrogen and oxygen atoms in total. The van der Waals surface area contributed by atoms with Crippen molar-refractivity contribution in [2.24, 2.45) is 5.73 Å². The molecule has 1 heterocycles. The first-order valence-corrected chi connectivity index (χ1v) is 8.38. The fourth-order valence-electron chi connectivity index (χ4n) is 1.46. The molecular weight excluding hydrogens is 304 g/mol. The number of nitrogens with zero attached hydrogens (tertiary/aromatic N) is 1. The van der Waals surface area contributed by atoms with E-state index >= 15 is 0 Å². The van der Waals surface area contributed by atoms with E-state index in [-0.39, 0.29) is 6.54 Å². The molecule has 0 fully saturated rings. The van der Waals surface area contributed by atoms with Gasteiger partial charge in [-0.05, 0) is 19.1 Å². The van der Waals surface area contributed by atoms with Gasteiger partial charge in [0.25, 0.3) is 10.0 Å². The highest BCUT2D eigenvalue weighted by molar-refractivity contribution is 7.91. The van der Waals surface area contributed by atoms with Crippen LogP contribution in [-0.2, 0) is 14.8 Å². The molecule has 0 radical (unpaired) electrons. The van der Waals surface area contributed by atoms with E-state index in [1.165, 1.54) is 22.8 Å². The predicted octanol–water partition coefficient (Wildman–Crippen LogP) is 1.37. The molecule has 0 aliphatic rings. The lowest BCUT2D eigenvalue weighted by atomic mass is 10.4. The molecule has 0 amide bonds. The summed E-state index contributed by atoms with van der Waals surface area (Å²) in [6.07, 6.45) is 0.364. The number of sulfonamides is 1. The van der Waals surface area contributed by atoms with E-state index in [0.717, 1.165) is 4.88 Å². The maximum Gasteiger partial charge on any atom is 0.252 e. The van der Waals surface area contributed by atoms with Gasteiger partial charge in [-0.1, -0.05) is 12.2 Å². The summed E-state index contributed by atoms with van der Waals surface area (Å²) in [6.45, 7) is 2.77. The van der Waals surface area contributed by atoms with Crippen molar-refractivity contribution in [2.75, 3.05) is 26.8 Å². The largest absolute Gasteiger partial charge is 0.393 e. The second-order valence-corrected chi connectivity index (χ2v) is 7.96. The van der Waals surface area contributed by atoms with Crippen LogP contribution in [0.5, 0.6) is 0 Å². The third-order valence-corrected chi connectivity index (χ3v) is 6.03. The van der Waals surface area contributed by atoms with Gasteiger partial charge in [0.05, 0.1) is 11.6 Å². The molecule has 0 spiro atoms. The number of ether oxygens (including phenoxy) is 1. The van der Waals surface area contributed by atoms with Crippen molar-refractivity contribution < 1.29 is 13.2 Å². The van der Waals surface area contributed by atoms with E-state index in [0.29, 0.717) is 28.8 Å². The lowest BCUT2D eigenvalue weighted by Gasteiger charge is -2.20. The van der Waals surface area contributed by atoms with Gasteiger partial charge in [0.1, 0.15) is 4.21 Å². The summed E-state index contributed by atoms with van der Waals surface area (Å²) in [5, 5.41) is 0. The highest BCUT2D eigenvalue weighted by Crippen LogP contribution is 2.24. The molecule has 0 unspecified atom stereocenters. The van der Waals surface area contributed by atoms with Gasteiger partial charge in [-0.25, -0.2) is 8.42 Å². The molecule has 8 heteroatoms. The zero-order valence-electron chi connectivity index (χ0n) is 11.0. The Bertz CT molecular complexity index is 525.